The number of fused-ring (bicyclic) bond motifs is 2. The molecule has 3 rings (SSSR count). The summed E-state index contributed by atoms with van der Waals surface area (Å²) in [5.41, 5.74) is -0.355. The molecule has 2 N–H and O–H groups in total. The van der Waals surface area contributed by atoms with Crippen LogP contribution in [0.2, 0.25) is 0 Å². The molecule has 2 saturated carbocycles. The lowest BCUT2D eigenvalue weighted by molar-refractivity contribution is -0.160. The van der Waals surface area contributed by atoms with Gasteiger partial charge < -0.3 is 19.7 Å². The van der Waals surface area contributed by atoms with Crippen LogP contribution in [0.1, 0.15) is 46.5 Å². The van der Waals surface area contributed by atoms with Gasteiger partial charge >= 0.3 is 11.9 Å². The van der Waals surface area contributed by atoms with Crippen LogP contribution < -0.4 is 0 Å². The van der Waals surface area contributed by atoms with E-state index in [-0.39, 0.29) is 48.3 Å². The summed E-state index contributed by atoms with van der Waals surface area (Å²) < 4.78 is 11.2. The molecule has 6 nitrogen and oxygen atoms in total. The highest BCUT2D eigenvalue weighted by atomic mass is 16.6. The largest absolute Gasteiger partial charge is 0.462 e. The maximum absolute atomic E-state index is 12.3. The van der Waals surface area contributed by atoms with Crippen molar-refractivity contribution in [1.82, 2.24) is 0 Å². The molecule has 0 amide bonds. The fraction of sp³-hybridized carbons (Fsp3) is 0.800. The Morgan fingerprint density at radius 3 is 2.73 bits per heavy atom. The van der Waals surface area contributed by atoms with Crippen molar-refractivity contribution >= 4 is 11.9 Å². The van der Waals surface area contributed by atoms with Gasteiger partial charge in [0, 0.05) is 29.7 Å². The standard InChI is InChI=1S/C20H30O6/c1-10(2)5-17(23)26-16-7-14(22)18-11(3)6-15-13(8-20(16,18)9-21)12(4)19(24)25-15/h10-11,13-16,18,21-22H,4-9H2,1-3H3. The average Bonchev–Trinajstić information content (AvgIpc) is 2.89. The van der Waals surface area contributed by atoms with Crippen LogP contribution in [0.3, 0.4) is 0 Å². The highest BCUT2D eigenvalue weighted by molar-refractivity contribution is 5.90. The summed E-state index contributed by atoms with van der Waals surface area (Å²) in [5.74, 6) is -0.907. The van der Waals surface area contributed by atoms with Gasteiger partial charge in [-0.25, -0.2) is 4.79 Å². The van der Waals surface area contributed by atoms with Gasteiger partial charge in [-0.05, 0) is 30.6 Å². The molecule has 1 saturated heterocycles. The minimum absolute atomic E-state index is 0.0275. The predicted molar refractivity (Wildman–Crippen MR) is 93.9 cm³/mol. The van der Waals surface area contributed by atoms with Crippen LogP contribution in [-0.4, -0.2) is 47.1 Å². The van der Waals surface area contributed by atoms with Crippen molar-refractivity contribution in [3.05, 3.63) is 12.2 Å². The first-order chi connectivity index (χ1) is 12.2. The van der Waals surface area contributed by atoms with Crippen molar-refractivity contribution in [2.75, 3.05) is 6.61 Å². The van der Waals surface area contributed by atoms with Gasteiger partial charge in [-0.15, -0.1) is 0 Å². The maximum atomic E-state index is 12.3. The highest BCUT2D eigenvalue weighted by Gasteiger charge is 2.62. The lowest BCUT2D eigenvalue weighted by Gasteiger charge is -2.40. The second-order valence-corrected chi connectivity index (χ2v) is 8.79. The van der Waals surface area contributed by atoms with Crippen molar-refractivity contribution in [2.24, 2.45) is 29.1 Å². The topological polar surface area (TPSA) is 93.1 Å². The first-order valence-corrected chi connectivity index (χ1v) is 9.57. The molecule has 0 radical (unpaired) electrons. The number of aliphatic hydroxyl groups is 2. The van der Waals surface area contributed by atoms with Gasteiger partial charge in [-0.2, -0.15) is 0 Å². The Hall–Kier alpha value is -1.40. The molecule has 0 bridgehead atoms. The minimum Gasteiger partial charge on any atom is -0.462 e. The van der Waals surface area contributed by atoms with E-state index in [0.29, 0.717) is 31.3 Å². The Balaban J connectivity index is 1.92. The molecule has 3 fully saturated rings. The number of carbonyl (C=O) groups excluding carboxylic acids is 2. The lowest BCUT2D eigenvalue weighted by atomic mass is 9.68. The molecule has 26 heavy (non-hydrogen) atoms. The Bertz CT molecular complexity index is 599. The van der Waals surface area contributed by atoms with E-state index in [2.05, 4.69) is 6.58 Å². The van der Waals surface area contributed by atoms with Gasteiger partial charge in [-0.1, -0.05) is 27.4 Å². The number of rotatable bonds is 4. The third kappa shape index (κ3) is 3.07. The summed E-state index contributed by atoms with van der Waals surface area (Å²) in [5, 5.41) is 21.1. The van der Waals surface area contributed by atoms with Gasteiger partial charge in [0.25, 0.3) is 0 Å². The Morgan fingerprint density at radius 1 is 1.42 bits per heavy atom. The van der Waals surface area contributed by atoms with Crippen LogP contribution in [-0.2, 0) is 19.1 Å². The monoisotopic (exact) mass is 366 g/mol. The fourth-order valence-corrected chi connectivity index (χ4v) is 5.45. The molecular formula is C20H30O6. The molecule has 3 aliphatic rings. The third-order valence-electron chi connectivity index (χ3n) is 6.55. The minimum atomic E-state index is -0.776. The summed E-state index contributed by atoms with van der Waals surface area (Å²) in [7, 11) is 0. The van der Waals surface area contributed by atoms with E-state index in [1.807, 2.05) is 20.8 Å². The quantitative estimate of drug-likeness (QED) is 0.582. The van der Waals surface area contributed by atoms with E-state index in [1.54, 1.807) is 0 Å². The first kappa shape index (κ1) is 19.4. The van der Waals surface area contributed by atoms with Gasteiger partial charge in [0.2, 0.25) is 0 Å². The lowest BCUT2D eigenvalue weighted by Crippen LogP contribution is -2.45. The van der Waals surface area contributed by atoms with Crippen LogP contribution in [0.4, 0.5) is 0 Å². The van der Waals surface area contributed by atoms with E-state index < -0.39 is 17.6 Å². The molecule has 0 spiro atoms. The van der Waals surface area contributed by atoms with E-state index in [0.717, 1.165) is 0 Å². The zero-order valence-corrected chi connectivity index (χ0v) is 15.8. The normalized spacial score (nSPS) is 42.2. The second kappa shape index (κ2) is 6.97. The third-order valence-corrected chi connectivity index (χ3v) is 6.55. The van der Waals surface area contributed by atoms with Gasteiger partial charge in [0.15, 0.2) is 0 Å². The Labute approximate surface area is 154 Å². The van der Waals surface area contributed by atoms with Gasteiger partial charge in [-0.3, -0.25) is 4.79 Å². The van der Waals surface area contributed by atoms with Crippen molar-refractivity contribution in [3.8, 4) is 0 Å². The predicted octanol–water partition coefficient (Wildman–Crippen LogP) is 1.83. The molecule has 2 aliphatic carbocycles. The molecule has 0 aromatic carbocycles. The van der Waals surface area contributed by atoms with E-state index in [9.17, 15) is 19.8 Å². The smallest absolute Gasteiger partial charge is 0.334 e. The zero-order valence-electron chi connectivity index (χ0n) is 15.8. The Morgan fingerprint density at radius 2 is 2.12 bits per heavy atom. The SMILES string of the molecule is C=C1C(=O)OC2CC(C)C3C(O)CC(OC(=O)CC(C)C)C3(CO)CC12. The first-order valence-electron chi connectivity index (χ1n) is 9.57. The number of hydrogen-bond acceptors (Lipinski definition) is 6. The molecule has 1 aliphatic heterocycles. The summed E-state index contributed by atoms with van der Waals surface area (Å²) in [6, 6.07) is 0. The number of hydrogen-bond donors (Lipinski definition) is 2. The Kier molecular flexibility index (Phi) is 5.19. The second-order valence-electron chi connectivity index (χ2n) is 8.79. The van der Waals surface area contributed by atoms with E-state index >= 15 is 0 Å². The highest BCUT2D eigenvalue weighted by Crippen LogP contribution is 2.57. The zero-order chi connectivity index (χ0) is 19.2. The molecule has 0 aromatic heterocycles. The van der Waals surface area contributed by atoms with Crippen molar-refractivity contribution in [3.63, 3.8) is 0 Å². The molecule has 7 unspecified atom stereocenters. The van der Waals surface area contributed by atoms with Gasteiger partial charge in [0.05, 0.1) is 12.7 Å². The fourth-order valence-electron chi connectivity index (χ4n) is 5.45. The van der Waals surface area contributed by atoms with Crippen LogP contribution >= 0.6 is 0 Å². The average molecular weight is 366 g/mol. The summed E-state index contributed by atoms with van der Waals surface area (Å²) in [4.78, 5) is 24.2. The molecule has 0 aromatic rings. The van der Waals surface area contributed by atoms with Crippen LogP contribution in [0.15, 0.2) is 12.2 Å². The molecular weight excluding hydrogens is 336 g/mol. The summed E-state index contributed by atoms with van der Waals surface area (Å²) >= 11 is 0. The number of carbonyl (C=O) groups is 2. The van der Waals surface area contributed by atoms with Crippen LogP contribution in [0.5, 0.6) is 0 Å². The van der Waals surface area contributed by atoms with E-state index in [4.69, 9.17) is 9.47 Å². The van der Waals surface area contributed by atoms with E-state index in [1.165, 1.54) is 0 Å². The van der Waals surface area contributed by atoms with Crippen molar-refractivity contribution in [1.29, 1.82) is 0 Å². The van der Waals surface area contributed by atoms with Crippen LogP contribution in [0, 0.1) is 29.1 Å². The molecule has 146 valence electrons. The number of esters is 2. The van der Waals surface area contributed by atoms with Gasteiger partial charge in [0.1, 0.15) is 12.2 Å². The number of ether oxygens (including phenoxy) is 2. The number of aliphatic hydroxyl groups excluding tert-OH is 2. The molecule has 1 heterocycles. The molecule has 7 atom stereocenters. The van der Waals surface area contributed by atoms with Crippen molar-refractivity contribution in [2.45, 2.75) is 64.8 Å². The van der Waals surface area contributed by atoms with Crippen molar-refractivity contribution < 1.29 is 29.3 Å². The maximum Gasteiger partial charge on any atom is 0.334 e. The molecule has 6 heteroatoms. The van der Waals surface area contributed by atoms with Crippen LogP contribution in [0.25, 0.3) is 0 Å². The summed E-state index contributed by atoms with van der Waals surface area (Å²) in [6.45, 7) is 9.57. The summed E-state index contributed by atoms with van der Waals surface area (Å²) in [6.07, 6.45) is 0.168.